The molecule has 3 saturated carbocycles. The summed E-state index contributed by atoms with van der Waals surface area (Å²) in [6, 6.07) is 8.08. The van der Waals surface area contributed by atoms with Crippen molar-refractivity contribution >= 4 is 49.0 Å². The van der Waals surface area contributed by atoms with Gasteiger partial charge in [-0.3, -0.25) is 0 Å². The molecule has 0 bridgehead atoms. The summed E-state index contributed by atoms with van der Waals surface area (Å²) in [5.41, 5.74) is -0.259. The third-order valence-corrected chi connectivity index (χ3v) is 51.8. The van der Waals surface area contributed by atoms with Gasteiger partial charge in [0.05, 0.1) is 0 Å². The van der Waals surface area contributed by atoms with Crippen LogP contribution < -0.4 is 4.74 Å². The van der Waals surface area contributed by atoms with Crippen LogP contribution in [0, 0.1) is 0 Å². The molecule has 3 aliphatic rings. The summed E-state index contributed by atoms with van der Waals surface area (Å²) in [4.78, 5) is 0. The van der Waals surface area contributed by atoms with Crippen LogP contribution in [-0.2, 0) is 7.53 Å². The quantitative estimate of drug-likeness (QED) is 0.207. The van der Waals surface area contributed by atoms with Crippen molar-refractivity contribution in [2.45, 2.75) is 133 Å². The fraction of sp³-hybridized carbons (Fsp3) is 0.750. The zero-order chi connectivity index (χ0) is 25.2. The Morgan fingerprint density at radius 3 is 1.51 bits per heavy atom. The molecule has 0 amide bonds. The van der Waals surface area contributed by atoms with Gasteiger partial charge in [0.15, 0.2) is 0 Å². The third-order valence-electron chi connectivity index (χ3n) is 8.90. The third kappa shape index (κ3) is 6.00. The summed E-state index contributed by atoms with van der Waals surface area (Å²) in [6.07, 6.45) is 18.8. The van der Waals surface area contributed by atoms with Crippen molar-refractivity contribution in [1.82, 2.24) is 0 Å². The summed E-state index contributed by atoms with van der Waals surface area (Å²) in [7, 11) is 26.5. The fourth-order valence-electron chi connectivity index (χ4n) is 7.75. The van der Waals surface area contributed by atoms with Gasteiger partial charge in [0.1, 0.15) is 0 Å². The summed E-state index contributed by atoms with van der Waals surface area (Å²) in [6.45, 7) is 4.09. The van der Waals surface area contributed by atoms with Crippen molar-refractivity contribution in [3.8, 4) is 5.75 Å². The molecule has 0 atom stereocenters. The Bertz CT molecular complexity index is 894. The molecule has 35 heavy (non-hydrogen) atoms. The van der Waals surface area contributed by atoms with Gasteiger partial charge >= 0.3 is 230 Å². The molecule has 205 valence electrons. The Kier molecular flexibility index (Phi) is 9.09. The summed E-state index contributed by atoms with van der Waals surface area (Å²) in [5.74, 6) is 0.787. The molecule has 0 radical (unpaired) electrons. The van der Waals surface area contributed by atoms with Crippen LogP contribution in [-0.4, -0.2) is 27.7 Å². The Balaban J connectivity index is 2.01. The van der Waals surface area contributed by atoms with Gasteiger partial charge < -0.3 is 0 Å². The predicted molar refractivity (Wildman–Crippen MR) is 160 cm³/mol. The van der Waals surface area contributed by atoms with Crippen LogP contribution in [0.15, 0.2) is 24.3 Å². The number of rotatable bonds is 7. The number of para-hydroxylation sites is 1. The molecule has 1 aromatic carbocycles. The van der Waals surface area contributed by atoms with Crippen LogP contribution in [0.1, 0.15) is 116 Å². The second-order valence-electron chi connectivity index (χ2n) is 11.6. The molecular formula is C28H46Cl4OPRu. The van der Waals surface area contributed by atoms with Gasteiger partial charge in [0, 0.05) is 0 Å². The summed E-state index contributed by atoms with van der Waals surface area (Å²) in [5, 5.41) is 0. The Labute approximate surface area is 228 Å². The Morgan fingerprint density at radius 2 is 1.11 bits per heavy atom. The first-order valence-corrected chi connectivity index (χ1v) is 28.6. The van der Waals surface area contributed by atoms with Gasteiger partial charge in [0.25, 0.3) is 0 Å². The molecule has 0 aliphatic heterocycles. The minimum atomic E-state index is -5.65. The van der Waals surface area contributed by atoms with Gasteiger partial charge in [-0.15, -0.1) is 0 Å². The van der Waals surface area contributed by atoms with E-state index in [1.54, 1.807) is 0 Å². The molecule has 7 heteroatoms. The maximum absolute atomic E-state index is 8.04. The van der Waals surface area contributed by atoms with Crippen molar-refractivity contribution in [3.63, 3.8) is 0 Å². The van der Waals surface area contributed by atoms with E-state index in [4.69, 9.17) is 43.5 Å². The molecule has 0 aromatic heterocycles. The molecule has 0 unspecified atom stereocenters. The van der Waals surface area contributed by atoms with E-state index in [0.29, 0.717) is 17.0 Å². The predicted octanol–water partition coefficient (Wildman–Crippen LogP) is 11.1. The van der Waals surface area contributed by atoms with Crippen LogP contribution in [0.25, 0.3) is 0 Å². The van der Waals surface area contributed by atoms with Crippen LogP contribution in [0.4, 0.5) is 0 Å². The average molecular weight is 673 g/mol. The summed E-state index contributed by atoms with van der Waals surface area (Å²) < 4.78 is 8.23. The van der Waals surface area contributed by atoms with E-state index in [-0.39, 0.29) is 6.10 Å². The standard InChI is InChI=1S/C18H33P.C10H12O.4ClH.Ru/c1-4-10-16(11-5-1)19(17-12-6-2-7-13-17)18-14-8-3-9-15-18;1-8(2)11-10-7-5-4-6-9(10)3;;;;;/h16-18H,1-15H2;3-8H,1-2H3;4*1H;/q;;;;;;+3/p-3. The van der Waals surface area contributed by atoms with Gasteiger partial charge in [-0.2, -0.15) is 0 Å². The van der Waals surface area contributed by atoms with Crippen molar-refractivity contribution < 1.29 is 12.3 Å². The average Bonchev–Trinajstić information content (AvgIpc) is 2.81. The monoisotopic (exact) mass is 671 g/mol. The first-order valence-electron chi connectivity index (χ1n) is 13.9. The summed E-state index contributed by atoms with van der Waals surface area (Å²) >= 11 is 0. The first kappa shape index (κ1) is 29.1. The van der Waals surface area contributed by atoms with Gasteiger partial charge in [-0.25, -0.2) is 0 Å². The molecule has 0 saturated heterocycles. The molecule has 4 rings (SSSR count). The van der Waals surface area contributed by atoms with Gasteiger partial charge in [-0.05, 0) is 0 Å². The van der Waals surface area contributed by atoms with Crippen molar-refractivity contribution in [1.29, 1.82) is 0 Å². The second kappa shape index (κ2) is 10.9. The zero-order valence-corrected chi connectivity index (χ0v) is 27.3. The molecular weight excluding hydrogens is 626 g/mol. The van der Waals surface area contributed by atoms with Crippen LogP contribution >= 0.6 is 44.4 Å². The molecule has 3 aliphatic carbocycles. The topological polar surface area (TPSA) is 9.23 Å². The van der Waals surface area contributed by atoms with E-state index in [2.05, 4.69) is 6.07 Å². The van der Waals surface area contributed by atoms with Gasteiger partial charge in [0.2, 0.25) is 0 Å². The Hall–Kier alpha value is 1.10. The Morgan fingerprint density at radius 1 is 0.714 bits per heavy atom. The van der Waals surface area contributed by atoms with Crippen LogP contribution in [0.2, 0.25) is 0 Å². The number of ether oxygens (including phenoxy) is 1. The number of halogens is 4. The first-order chi connectivity index (χ1) is 16.5. The molecule has 1 nitrogen and oxygen atoms in total. The fourth-order valence-corrected chi connectivity index (χ4v) is 62.1. The molecule has 1 aromatic rings. The van der Waals surface area contributed by atoms with Gasteiger partial charge in [-0.1, -0.05) is 0 Å². The zero-order valence-electron chi connectivity index (χ0n) is 21.6. The second-order valence-corrected chi connectivity index (χ2v) is 57.4. The minimum absolute atomic E-state index is 0.0466. The SMILES string of the molecule is CC(C)Oc1ccccc1[CH]=[Ru]([Cl])([Cl])([Cl])([Cl])[PH](C1CCCCC1)(C1CCCCC1)C1CCCCC1. The van der Waals surface area contributed by atoms with Crippen molar-refractivity contribution in [3.05, 3.63) is 29.8 Å². The van der Waals surface area contributed by atoms with Crippen LogP contribution in [0.5, 0.6) is 5.75 Å². The molecule has 0 N–H and O–H groups in total. The van der Waals surface area contributed by atoms with E-state index < -0.39 is 13.1 Å². The van der Waals surface area contributed by atoms with E-state index in [0.717, 1.165) is 11.3 Å². The number of hydrogen-bond donors (Lipinski definition) is 0. The molecule has 0 heterocycles. The molecule has 0 spiro atoms. The number of hydrogen-bond acceptors (Lipinski definition) is 1. The van der Waals surface area contributed by atoms with E-state index in [1.807, 2.05) is 36.7 Å². The van der Waals surface area contributed by atoms with E-state index in [9.17, 15) is 0 Å². The van der Waals surface area contributed by atoms with Crippen molar-refractivity contribution in [2.24, 2.45) is 0 Å². The van der Waals surface area contributed by atoms with E-state index >= 15 is 0 Å². The molecule has 3 fully saturated rings. The normalized spacial score (nSPS) is 24.5. The van der Waals surface area contributed by atoms with Crippen LogP contribution in [0.3, 0.4) is 0 Å². The number of benzene rings is 1. The van der Waals surface area contributed by atoms with Crippen molar-refractivity contribution in [2.75, 3.05) is 0 Å². The van der Waals surface area contributed by atoms with E-state index in [1.165, 1.54) is 96.3 Å². The maximum atomic E-state index is 8.04.